The highest BCUT2D eigenvalue weighted by molar-refractivity contribution is 5.63. The molecule has 0 saturated heterocycles. The van der Waals surface area contributed by atoms with Crippen LogP contribution in [0.1, 0.15) is 13.8 Å². The Morgan fingerprint density at radius 3 is 2.33 bits per heavy atom. The number of allylic oxidation sites excluding steroid dienone is 1. The maximum atomic E-state index is 11.6. The zero-order valence-corrected chi connectivity index (χ0v) is 6.97. The van der Waals surface area contributed by atoms with Gasteiger partial charge in [0.05, 0.1) is 0 Å². The second-order valence-corrected chi connectivity index (χ2v) is 2.02. The quantitative estimate of drug-likeness (QED) is 0.481. The number of alkyl halides is 3. The molecule has 0 fully saturated rings. The van der Waals surface area contributed by atoms with Gasteiger partial charge >= 0.3 is 6.18 Å². The second-order valence-electron chi connectivity index (χ2n) is 2.02. The van der Waals surface area contributed by atoms with Crippen molar-refractivity contribution < 1.29 is 13.2 Å². The number of halogens is 3. The summed E-state index contributed by atoms with van der Waals surface area (Å²) in [7, 11) is 0. The van der Waals surface area contributed by atoms with Crippen LogP contribution in [0.25, 0.3) is 0 Å². The van der Waals surface area contributed by atoms with Crippen molar-refractivity contribution in [3.05, 3.63) is 12.3 Å². The summed E-state index contributed by atoms with van der Waals surface area (Å²) in [6.45, 7) is 3.84. The van der Waals surface area contributed by atoms with Crippen LogP contribution < -0.4 is 0 Å². The van der Waals surface area contributed by atoms with Gasteiger partial charge in [-0.15, -0.1) is 0 Å². The summed E-state index contributed by atoms with van der Waals surface area (Å²) in [6, 6.07) is 0. The normalized spacial score (nSPS) is 13.1. The molecule has 0 rings (SSSR count). The molecule has 0 N–H and O–H groups in total. The van der Waals surface area contributed by atoms with Gasteiger partial charge in [-0.2, -0.15) is 18.3 Å². The van der Waals surface area contributed by atoms with Crippen LogP contribution in [0.15, 0.2) is 17.4 Å². The molecule has 12 heavy (non-hydrogen) atoms. The van der Waals surface area contributed by atoms with Crippen LogP contribution in [0.3, 0.4) is 0 Å². The lowest BCUT2D eigenvalue weighted by Gasteiger charge is -2.10. The summed E-state index contributed by atoms with van der Waals surface area (Å²) in [5.41, 5.74) is 0. The van der Waals surface area contributed by atoms with E-state index < -0.39 is 6.18 Å². The molecule has 0 aromatic heterocycles. The minimum atomic E-state index is -4.34. The highest BCUT2D eigenvalue weighted by Gasteiger charge is 2.24. The summed E-state index contributed by atoms with van der Waals surface area (Å²) in [4.78, 5) is 0. The van der Waals surface area contributed by atoms with E-state index in [1.807, 2.05) is 0 Å². The van der Waals surface area contributed by atoms with Crippen molar-refractivity contribution in [1.29, 1.82) is 0 Å². The summed E-state index contributed by atoms with van der Waals surface area (Å²) in [5.74, 6) is 0. The van der Waals surface area contributed by atoms with Crippen LogP contribution in [0.4, 0.5) is 13.2 Å². The number of hydrazone groups is 1. The van der Waals surface area contributed by atoms with Crippen molar-refractivity contribution in [2.75, 3.05) is 6.54 Å². The lowest BCUT2D eigenvalue weighted by molar-refractivity contribution is -0.0545. The van der Waals surface area contributed by atoms with Crippen LogP contribution in [-0.4, -0.2) is 23.9 Å². The molecule has 0 aliphatic carbocycles. The van der Waals surface area contributed by atoms with Gasteiger partial charge in [-0.1, -0.05) is 6.08 Å². The lowest BCUT2D eigenvalue weighted by Crippen LogP contribution is -2.15. The van der Waals surface area contributed by atoms with E-state index in [0.717, 1.165) is 0 Å². The Morgan fingerprint density at radius 2 is 2.00 bits per heavy atom. The Kier molecular flexibility index (Phi) is 4.39. The van der Waals surface area contributed by atoms with Gasteiger partial charge in [0.1, 0.15) is 6.21 Å². The summed E-state index contributed by atoms with van der Waals surface area (Å²) < 4.78 is 34.8. The number of rotatable bonds is 3. The minimum Gasteiger partial charge on any atom is -0.273 e. The summed E-state index contributed by atoms with van der Waals surface area (Å²) in [5, 5.41) is 4.40. The van der Waals surface area contributed by atoms with Crippen molar-refractivity contribution >= 4 is 6.21 Å². The Hall–Kier alpha value is -1.00. The third-order valence-electron chi connectivity index (χ3n) is 0.998. The van der Waals surface area contributed by atoms with Crippen molar-refractivity contribution in [3.63, 3.8) is 0 Å². The van der Waals surface area contributed by atoms with Gasteiger partial charge in [0.15, 0.2) is 0 Å². The summed E-state index contributed by atoms with van der Waals surface area (Å²) >= 11 is 0. The van der Waals surface area contributed by atoms with E-state index in [1.165, 1.54) is 11.2 Å². The molecule has 0 radical (unpaired) electrons. The van der Waals surface area contributed by atoms with Crippen LogP contribution in [0.5, 0.6) is 0 Å². The van der Waals surface area contributed by atoms with Gasteiger partial charge in [0.2, 0.25) is 0 Å². The number of nitrogens with zero attached hydrogens (tertiary/aromatic N) is 2. The fourth-order valence-corrected chi connectivity index (χ4v) is 0.537. The van der Waals surface area contributed by atoms with Crippen molar-refractivity contribution in [3.8, 4) is 0 Å². The third-order valence-corrected chi connectivity index (χ3v) is 0.998. The zero-order chi connectivity index (χ0) is 9.61. The average Bonchev–Trinajstić information content (AvgIpc) is 1.96. The molecular formula is C7H11F3N2. The maximum absolute atomic E-state index is 11.6. The number of hydrogen-bond acceptors (Lipinski definition) is 2. The van der Waals surface area contributed by atoms with Crippen LogP contribution >= 0.6 is 0 Å². The van der Waals surface area contributed by atoms with Gasteiger partial charge in [0, 0.05) is 12.7 Å². The molecule has 0 aromatic carbocycles. The Morgan fingerprint density at radius 1 is 1.42 bits per heavy atom. The smallest absolute Gasteiger partial charge is 0.273 e. The third kappa shape index (κ3) is 5.76. The molecule has 0 aromatic rings. The van der Waals surface area contributed by atoms with E-state index in [9.17, 15) is 13.2 Å². The minimum absolute atomic E-state index is 0.0312. The van der Waals surface area contributed by atoms with Gasteiger partial charge in [-0.3, -0.25) is 5.01 Å². The van der Waals surface area contributed by atoms with E-state index in [4.69, 9.17) is 0 Å². The average molecular weight is 180 g/mol. The van der Waals surface area contributed by atoms with Crippen molar-refractivity contribution in [2.24, 2.45) is 5.10 Å². The topological polar surface area (TPSA) is 15.6 Å². The van der Waals surface area contributed by atoms with Gasteiger partial charge in [-0.05, 0) is 13.8 Å². The summed E-state index contributed by atoms with van der Waals surface area (Å²) in [6.07, 6.45) is -1.27. The zero-order valence-electron chi connectivity index (χ0n) is 6.97. The lowest BCUT2D eigenvalue weighted by atomic mass is 10.6. The predicted molar refractivity (Wildman–Crippen MR) is 41.7 cm³/mol. The van der Waals surface area contributed by atoms with Gasteiger partial charge < -0.3 is 0 Å². The highest BCUT2D eigenvalue weighted by atomic mass is 19.4. The first-order valence-corrected chi connectivity index (χ1v) is 3.51. The molecule has 0 spiro atoms. The molecule has 0 aliphatic heterocycles. The molecule has 0 amide bonds. The van der Waals surface area contributed by atoms with Gasteiger partial charge in [-0.25, -0.2) is 0 Å². The van der Waals surface area contributed by atoms with E-state index >= 15 is 0 Å². The van der Waals surface area contributed by atoms with Crippen molar-refractivity contribution in [1.82, 2.24) is 5.01 Å². The maximum Gasteiger partial charge on any atom is 0.428 e. The molecule has 0 heterocycles. The SMILES string of the molecule is C/C=C/N(CC)/N=C/C(F)(F)F. The molecule has 0 saturated carbocycles. The Bertz CT molecular complexity index is 172. The predicted octanol–water partition coefficient (Wildman–Crippen LogP) is 2.39. The molecule has 0 atom stereocenters. The monoisotopic (exact) mass is 180 g/mol. The first kappa shape index (κ1) is 11.0. The fourth-order valence-electron chi connectivity index (χ4n) is 0.537. The number of hydrogen-bond donors (Lipinski definition) is 0. The molecule has 0 bridgehead atoms. The molecule has 0 unspecified atom stereocenters. The molecule has 0 aliphatic rings. The highest BCUT2D eigenvalue weighted by Crippen LogP contribution is 2.10. The Labute approximate surface area is 69.4 Å². The van der Waals surface area contributed by atoms with E-state index in [2.05, 4.69) is 5.10 Å². The second kappa shape index (κ2) is 4.79. The molecular weight excluding hydrogens is 169 g/mol. The first-order valence-electron chi connectivity index (χ1n) is 3.51. The first-order chi connectivity index (χ1) is 5.49. The van der Waals surface area contributed by atoms with E-state index in [-0.39, 0.29) is 6.21 Å². The molecule has 5 heteroatoms. The largest absolute Gasteiger partial charge is 0.428 e. The molecule has 70 valence electrons. The fraction of sp³-hybridized carbons (Fsp3) is 0.571. The van der Waals surface area contributed by atoms with Crippen molar-refractivity contribution in [2.45, 2.75) is 20.0 Å². The molecule has 2 nitrogen and oxygen atoms in total. The van der Waals surface area contributed by atoms with Gasteiger partial charge in [0.25, 0.3) is 0 Å². The van der Waals surface area contributed by atoms with Crippen LogP contribution in [-0.2, 0) is 0 Å². The van der Waals surface area contributed by atoms with Crippen LogP contribution in [0, 0.1) is 0 Å². The van der Waals surface area contributed by atoms with E-state index in [0.29, 0.717) is 6.54 Å². The standard InChI is InChI=1S/C7H11F3N2/c1-3-5-12(4-2)11-6-7(8,9)10/h3,5-6H,4H2,1-2H3/b5-3+,11-6+. The Balaban J connectivity index is 4.10. The van der Waals surface area contributed by atoms with E-state index in [1.54, 1.807) is 19.9 Å². The van der Waals surface area contributed by atoms with Crippen LogP contribution in [0.2, 0.25) is 0 Å².